The molecule has 5 heterocycles. The maximum absolute atomic E-state index is 14.8. The third kappa shape index (κ3) is 10.6. The van der Waals surface area contributed by atoms with Gasteiger partial charge in [-0.15, -0.1) is 0 Å². The number of hydrogen-bond acceptors (Lipinski definition) is 10. The van der Waals surface area contributed by atoms with Gasteiger partial charge in [0.25, 0.3) is 5.91 Å². The van der Waals surface area contributed by atoms with Crippen LogP contribution in [0.5, 0.6) is 5.75 Å². The van der Waals surface area contributed by atoms with Crippen LogP contribution in [0.2, 0.25) is 0 Å². The number of carbonyl (C=O) groups excluding carboxylic acids is 5. The molecule has 6 bridgehead atoms. The Kier molecular flexibility index (Phi) is 15.3. The molecule has 16 heteroatoms. The predicted molar refractivity (Wildman–Crippen MR) is 260 cm³/mol. The molecule has 5 amide bonds. The number of urea groups is 1. The lowest BCUT2D eigenvalue weighted by atomic mass is 9.84. The van der Waals surface area contributed by atoms with Gasteiger partial charge in [0, 0.05) is 87.9 Å². The number of benzene rings is 2. The number of phenolic OH excluding ortho intramolecular Hbond substituents is 1. The lowest BCUT2D eigenvalue weighted by Gasteiger charge is -2.37. The lowest BCUT2D eigenvalue weighted by Crippen LogP contribution is -2.62. The van der Waals surface area contributed by atoms with Gasteiger partial charge in [-0.25, -0.2) is 10.2 Å². The summed E-state index contributed by atoms with van der Waals surface area (Å²) in [4.78, 5) is 79.2. The van der Waals surface area contributed by atoms with Crippen LogP contribution in [-0.2, 0) is 48.0 Å². The summed E-state index contributed by atoms with van der Waals surface area (Å²) in [5.41, 5.74) is 9.53. The zero-order valence-electron chi connectivity index (χ0n) is 40.8. The van der Waals surface area contributed by atoms with Gasteiger partial charge in [-0.1, -0.05) is 46.4 Å². The normalized spacial score (nSPS) is 20.0. The molecule has 3 aliphatic rings. The van der Waals surface area contributed by atoms with E-state index in [9.17, 15) is 29.1 Å². The Hall–Kier alpha value is -6.26. The fourth-order valence-electron chi connectivity index (χ4n) is 10.0. The number of cyclic esters (lactones) is 1. The maximum atomic E-state index is 14.8. The molecule has 0 spiro atoms. The molecule has 4 aromatic rings. The molecule has 0 aliphatic carbocycles. The van der Waals surface area contributed by atoms with E-state index in [1.165, 1.54) is 16.0 Å². The second kappa shape index (κ2) is 20.9. The summed E-state index contributed by atoms with van der Waals surface area (Å²) in [6, 6.07) is 12.1. The topological polar surface area (TPSA) is 179 Å². The summed E-state index contributed by atoms with van der Waals surface area (Å²) in [6.07, 6.45) is 4.79. The summed E-state index contributed by atoms with van der Waals surface area (Å²) in [5, 5.41) is 16.8. The molecule has 1 unspecified atom stereocenters. The summed E-state index contributed by atoms with van der Waals surface area (Å²) < 4.78 is 14.2. The minimum Gasteiger partial charge on any atom is -0.508 e. The number of esters is 1. The average molecular weight is 933 g/mol. The van der Waals surface area contributed by atoms with Crippen molar-refractivity contribution in [3.63, 3.8) is 0 Å². The maximum Gasteiger partial charge on any atom is 0.324 e. The summed E-state index contributed by atoms with van der Waals surface area (Å²) in [5.74, 6) is -2.06. The Morgan fingerprint density at radius 3 is 2.50 bits per heavy atom. The van der Waals surface area contributed by atoms with E-state index < -0.39 is 41.3 Å². The number of nitrogens with one attached hydrogen (secondary N) is 2. The molecule has 16 nitrogen and oxygen atoms in total. The second-order valence-electron chi connectivity index (χ2n) is 19.5. The predicted octanol–water partition coefficient (Wildman–Crippen LogP) is 6.25. The van der Waals surface area contributed by atoms with Crippen molar-refractivity contribution in [2.45, 2.75) is 104 Å². The van der Waals surface area contributed by atoms with E-state index in [1.54, 1.807) is 42.3 Å². The van der Waals surface area contributed by atoms with Gasteiger partial charge in [0.1, 0.15) is 23.9 Å². The first-order chi connectivity index (χ1) is 32.4. The first kappa shape index (κ1) is 49.6. The average Bonchev–Trinajstić information content (AvgIpc) is 3.43. The van der Waals surface area contributed by atoms with Gasteiger partial charge >= 0.3 is 12.0 Å². The number of amides is 5. The molecule has 2 aromatic heterocycles. The van der Waals surface area contributed by atoms with E-state index in [2.05, 4.69) is 60.9 Å². The monoisotopic (exact) mass is 933 g/mol. The highest BCUT2D eigenvalue weighted by atomic mass is 16.5. The lowest BCUT2D eigenvalue weighted by molar-refractivity contribution is -0.155. The number of nitrogens with zero attached hydrogens (tertiary/aromatic N) is 6. The summed E-state index contributed by atoms with van der Waals surface area (Å²) >= 11 is 0. The highest BCUT2D eigenvalue weighted by molar-refractivity contribution is 5.96. The number of carbonyl (C=O) groups is 5. The quantitative estimate of drug-likeness (QED) is 0.128. The van der Waals surface area contributed by atoms with Crippen LogP contribution in [-0.4, -0.2) is 136 Å². The summed E-state index contributed by atoms with van der Waals surface area (Å²) in [7, 11) is 3.25. The third-order valence-electron chi connectivity index (χ3n) is 13.6. The first-order valence-corrected chi connectivity index (χ1v) is 23.9. The molecule has 2 aromatic carbocycles. The number of rotatable bonds is 9. The van der Waals surface area contributed by atoms with Gasteiger partial charge in [0.05, 0.1) is 24.1 Å². The van der Waals surface area contributed by atoms with Crippen molar-refractivity contribution in [1.82, 2.24) is 40.0 Å². The molecular formula is C52H68N8O8. The van der Waals surface area contributed by atoms with Gasteiger partial charge in [-0.2, -0.15) is 0 Å². The Bertz CT molecular complexity index is 2550. The van der Waals surface area contributed by atoms with Gasteiger partial charge in [-0.05, 0) is 110 Å². The van der Waals surface area contributed by atoms with Crippen LogP contribution in [0.1, 0.15) is 83.7 Å². The number of aryl methyl sites for hydroxylation is 1. The number of methoxy groups -OCH3 is 1. The number of aromatic hydroxyl groups is 1. The van der Waals surface area contributed by atoms with Crippen molar-refractivity contribution in [3.05, 3.63) is 84.2 Å². The van der Waals surface area contributed by atoms with Crippen molar-refractivity contribution in [1.29, 1.82) is 0 Å². The van der Waals surface area contributed by atoms with Crippen LogP contribution < -0.4 is 10.7 Å². The molecule has 364 valence electrons. The van der Waals surface area contributed by atoms with E-state index in [0.29, 0.717) is 63.0 Å². The van der Waals surface area contributed by atoms with Crippen molar-refractivity contribution in [2.75, 3.05) is 53.5 Å². The molecule has 4 atom stereocenters. The van der Waals surface area contributed by atoms with Crippen molar-refractivity contribution < 1.29 is 38.6 Å². The molecule has 3 aliphatic heterocycles. The van der Waals surface area contributed by atoms with Crippen LogP contribution in [0.25, 0.3) is 33.3 Å². The van der Waals surface area contributed by atoms with Crippen LogP contribution in [0.15, 0.2) is 67.4 Å². The van der Waals surface area contributed by atoms with Gasteiger partial charge in [0.15, 0.2) is 0 Å². The Labute approximate surface area is 399 Å². The van der Waals surface area contributed by atoms with Crippen LogP contribution in [0.4, 0.5) is 4.79 Å². The van der Waals surface area contributed by atoms with Crippen LogP contribution in [0.3, 0.4) is 0 Å². The van der Waals surface area contributed by atoms with Gasteiger partial charge in [-0.3, -0.25) is 29.2 Å². The first-order valence-electron chi connectivity index (χ1n) is 23.9. The zero-order chi connectivity index (χ0) is 49.0. The van der Waals surface area contributed by atoms with Gasteiger partial charge in [0.2, 0.25) is 11.8 Å². The zero-order valence-corrected chi connectivity index (χ0v) is 40.8. The fraction of sp³-hybridized carbons (Fsp3) is 0.500. The fourth-order valence-corrected chi connectivity index (χ4v) is 10.0. The van der Waals surface area contributed by atoms with E-state index in [0.717, 1.165) is 39.0 Å². The van der Waals surface area contributed by atoms with E-state index in [1.807, 2.05) is 39.0 Å². The van der Waals surface area contributed by atoms with Crippen LogP contribution >= 0.6 is 0 Å². The molecule has 7 rings (SSSR count). The minimum atomic E-state index is -1.17. The van der Waals surface area contributed by atoms with Crippen molar-refractivity contribution in [2.24, 2.45) is 11.3 Å². The number of fused-ring (bicyclic) bond motifs is 6. The number of hydrazine groups is 1. The van der Waals surface area contributed by atoms with E-state index in [-0.39, 0.29) is 55.8 Å². The molecule has 2 saturated heterocycles. The second-order valence-corrected chi connectivity index (χ2v) is 19.5. The number of ether oxygens (including phenoxy) is 2. The highest BCUT2D eigenvalue weighted by Gasteiger charge is 2.39. The molecule has 2 fully saturated rings. The van der Waals surface area contributed by atoms with Crippen molar-refractivity contribution in [3.8, 4) is 28.1 Å². The molecule has 0 radical (unpaired) electrons. The molecule has 68 heavy (non-hydrogen) atoms. The number of aromatic nitrogens is 2. The SMILES string of the molecule is C=CC(=O)N1CCCN(C(=O)N(C)C(C(=O)N[C@H]2Cc3cc(O)cc(c3)-c3ccc4c(c3)c(c(-c3cccnc3[C@H](C)OC)n4CC)CC(C)(C)COC(=O)[C@@H]3CCCN(N3)C2=O)C(C)C)CC1. The molecule has 0 saturated carbocycles. The largest absolute Gasteiger partial charge is 0.508 e. The van der Waals surface area contributed by atoms with Gasteiger partial charge < -0.3 is 39.2 Å². The Morgan fingerprint density at radius 2 is 1.78 bits per heavy atom. The number of hydrogen-bond donors (Lipinski definition) is 3. The summed E-state index contributed by atoms with van der Waals surface area (Å²) in [6.45, 7) is 18.1. The number of likely N-dealkylation sites (N-methyl/N-ethyl adjacent to an activating group) is 1. The van der Waals surface area contributed by atoms with Crippen LogP contribution in [0, 0.1) is 11.3 Å². The van der Waals surface area contributed by atoms with E-state index in [4.69, 9.17) is 14.5 Å². The Balaban J connectivity index is 1.29. The Morgan fingerprint density at radius 1 is 1.03 bits per heavy atom. The third-order valence-corrected chi connectivity index (χ3v) is 13.6. The standard InChI is InChI=1S/C52H68N8O8/c1-10-44(62)57-20-14-21-58(24-23-57)51(66)56(8)46(32(3)4)48(63)54-42-27-34-25-36(28-37(61)26-34)35-17-18-43-39(29-35)40(47(59(43)11-2)38-15-12-19-53-45(38)33(5)67-9)30-52(6,7)31-68-50(65)41-16-13-22-60(55-41)49(42)64/h10,12,15,17-19,25-26,28-29,32-33,41-42,46,55,61H,1,11,13-14,16,20-24,27,30-31H2,2-9H3,(H,54,63)/t33-,41-,42-,46?/m0/s1. The molecular weight excluding hydrogens is 865 g/mol. The number of pyridine rings is 1. The molecule has 3 N–H and O–H groups in total. The minimum absolute atomic E-state index is 0.0126. The smallest absolute Gasteiger partial charge is 0.324 e. The highest BCUT2D eigenvalue weighted by Crippen LogP contribution is 2.42. The van der Waals surface area contributed by atoms with Crippen molar-refractivity contribution >= 4 is 40.6 Å². The van der Waals surface area contributed by atoms with E-state index >= 15 is 0 Å². The number of phenols is 1.